The fraction of sp³-hybridized carbons (Fsp3) is 0.409. The maximum Gasteiger partial charge on any atom is 0.322 e. The van der Waals surface area contributed by atoms with Crippen LogP contribution in [-0.2, 0) is 0 Å². The zero-order valence-corrected chi connectivity index (χ0v) is 16.9. The van der Waals surface area contributed by atoms with E-state index >= 15 is 0 Å². The standard InChI is InChI=1S/C22H29N3O3/c1-4-27-18-11-12-21(28-5-2)19(15-18)23-22(26)25-14-13-24(3)16-20(25)17-9-7-6-8-10-17/h6-12,15,20H,4-5,13-14,16H2,1-3H3,(H,23,26). The predicted molar refractivity (Wildman–Crippen MR) is 111 cm³/mol. The third-order valence-corrected chi connectivity index (χ3v) is 4.83. The molecule has 28 heavy (non-hydrogen) atoms. The van der Waals surface area contributed by atoms with E-state index in [1.807, 2.05) is 55.1 Å². The van der Waals surface area contributed by atoms with E-state index in [1.165, 1.54) is 0 Å². The first kappa shape index (κ1) is 20.0. The Labute approximate surface area is 167 Å². The number of carbonyl (C=O) groups is 1. The molecule has 1 saturated heterocycles. The number of nitrogens with zero attached hydrogens (tertiary/aromatic N) is 2. The lowest BCUT2D eigenvalue weighted by molar-refractivity contribution is 0.116. The maximum absolute atomic E-state index is 13.2. The second kappa shape index (κ2) is 9.46. The fourth-order valence-electron chi connectivity index (χ4n) is 3.45. The average Bonchev–Trinajstić information content (AvgIpc) is 2.71. The highest BCUT2D eigenvalue weighted by Gasteiger charge is 2.30. The van der Waals surface area contributed by atoms with Gasteiger partial charge >= 0.3 is 6.03 Å². The van der Waals surface area contributed by atoms with Gasteiger partial charge in [0, 0.05) is 25.7 Å². The van der Waals surface area contributed by atoms with Crippen molar-refractivity contribution in [2.24, 2.45) is 0 Å². The van der Waals surface area contributed by atoms with E-state index in [9.17, 15) is 4.79 Å². The SMILES string of the molecule is CCOc1ccc(OCC)c(NC(=O)N2CCN(C)CC2c2ccccc2)c1. The van der Waals surface area contributed by atoms with E-state index in [0.29, 0.717) is 36.9 Å². The summed E-state index contributed by atoms with van der Waals surface area (Å²) in [7, 11) is 2.09. The average molecular weight is 383 g/mol. The minimum atomic E-state index is -0.128. The highest BCUT2D eigenvalue weighted by molar-refractivity contribution is 5.91. The van der Waals surface area contributed by atoms with Gasteiger partial charge in [-0.25, -0.2) is 4.79 Å². The summed E-state index contributed by atoms with van der Waals surface area (Å²) in [5, 5.41) is 3.04. The molecule has 6 nitrogen and oxygen atoms in total. The molecule has 1 aliphatic heterocycles. The number of hydrogen-bond donors (Lipinski definition) is 1. The van der Waals surface area contributed by atoms with E-state index in [4.69, 9.17) is 9.47 Å². The van der Waals surface area contributed by atoms with E-state index in [-0.39, 0.29) is 12.1 Å². The molecule has 1 N–H and O–H groups in total. The minimum absolute atomic E-state index is 0.00516. The smallest absolute Gasteiger partial charge is 0.322 e. The van der Waals surface area contributed by atoms with Gasteiger partial charge in [-0.2, -0.15) is 0 Å². The van der Waals surface area contributed by atoms with Crippen LogP contribution in [0.1, 0.15) is 25.5 Å². The van der Waals surface area contributed by atoms with Gasteiger partial charge < -0.3 is 24.6 Å². The molecule has 1 atom stereocenters. The number of benzene rings is 2. The first-order valence-electron chi connectivity index (χ1n) is 9.83. The molecule has 0 aromatic heterocycles. The van der Waals surface area contributed by atoms with Crippen molar-refractivity contribution in [2.75, 3.05) is 45.2 Å². The summed E-state index contributed by atoms with van der Waals surface area (Å²) in [5.41, 5.74) is 1.76. The Morgan fingerprint density at radius 1 is 1.07 bits per heavy atom. The monoisotopic (exact) mass is 383 g/mol. The topological polar surface area (TPSA) is 54.0 Å². The predicted octanol–water partition coefficient (Wildman–Crippen LogP) is 4.00. The number of hydrogen-bond acceptors (Lipinski definition) is 4. The lowest BCUT2D eigenvalue weighted by Gasteiger charge is -2.40. The second-order valence-corrected chi connectivity index (χ2v) is 6.84. The fourth-order valence-corrected chi connectivity index (χ4v) is 3.45. The van der Waals surface area contributed by atoms with Crippen LogP contribution in [0, 0.1) is 0 Å². The molecule has 3 rings (SSSR count). The number of amides is 2. The number of urea groups is 1. The maximum atomic E-state index is 13.2. The van der Waals surface area contributed by atoms with Crippen LogP contribution >= 0.6 is 0 Å². The molecular formula is C22H29N3O3. The van der Waals surface area contributed by atoms with Crippen molar-refractivity contribution in [1.82, 2.24) is 9.80 Å². The number of rotatable bonds is 6. The van der Waals surface area contributed by atoms with Crippen molar-refractivity contribution in [2.45, 2.75) is 19.9 Å². The van der Waals surface area contributed by atoms with Gasteiger partial charge in [-0.3, -0.25) is 0 Å². The molecule has 0 radical (unpaired) electrons. The molecule has 1 unspecified atom stereocenters. The number of ether oxygens (including phenoxy) is 2. The Bertz CT molecular complexity index is 782. The lowest BCUT2D eigenvalue weighted by atomic mass is 10.0. The summed E-state index contributed by atoms with van der Waals surface area (Å²) in [6.07, 6.45) is 0. The van der Waals surface area contributed by atoms with Crippen LogP contribution in [0.25, 0.3) is 0 Å². The quantitative estimate of drug-likeness (QED) is 0.819. The van der Waals surface area contributed by atoms with Crippen molar-refractivity contribution in [3.05, 3.63) is 54.1 Å². The Balaban J connectivity index is 1.83. The Morgan fingerprint density at radius 2 is 1.82 bits per heavy atom. The van der Waals surface area contributed by atoms with Crippen LogP contribution in [0.4, 0.5) is 10.5 Å². The van der Waals surface area contributed by atoms with Gasteiger partial charge in [0.2, 0.25) is 0 Å². The summed E-state index contributed by atoms with van der Waals surface area (Å²) < 4.78 is 11.3. The summed E-state index contributed by atoms with van der Waals surface area (Å²) in [4.78, 5) is 17.3. The summed E-state index contributed by atoms with van der Waals surface area (Å²) in [5.74, 6) is 1.35. The van der Waals surface area contributed by atoms with Crippen molar-refractivity contribution < 1.29 is 14.3 Å². The highest BCUT2D eigenvalue weighted by Crippen LogP contribution is 2.31. The van der Waals surface area contributed by atoms with E-state index in [0.717, 1.165) is 18.7 Å². The number of piperazine rings is 1. The highest BCUT2D eigenvalue weighted by atomic mass is 16.5. The molecule has 6 heteroatoms. The van der Waals surface area contributed by atoms with Crippen LogP contribution in [0.2, 0.25) is 0 Å². The third kappa shape index (κ3) is 4.75. The lowest BCUT2D eigenvalue weighted by Crippen LogP contribution is -2.50. The Kier molecular flexibility index (Phi) is 6.76. The van der Waals surface area contributed by atoms with Crippen LogP contribution in [0.5, 0.6) is 11.5 Å². The molecule has 2 aromatic rings. The molecule has 0 bridgehead atoms. The summed E-state index contributed by atoms with van der Waals surface area (Å²) >= 11 is 0. The summed E-state index contributed by atoms with van der Waals surface area (Å²) in [6.45, 7) is 7.26. The molecule has 1 fully saturated rings. The third-order valence-electron chi connectivity index (χ3n) is 4.83. The van der Waals surface area contributed by atoms with Crippen LogP contribution in [0.15, 0.2) is 48.5 Å². The largest absolute Gasteiger partial charge is 0.494 e. The molecule has 1 heterocycles. The van der Waals surface area contributed by atoms with E-state index < -0.39 is 0 Å². The molecule has 150 valence electrons. The van der Waals surface area contributed by atoms with Crippen molar-refractivity contribution in [3.63, 3.8) is 0 Å². The van der Waals surface area contributed by atoms with Crippen molar-refractivity contribution in [1.29, 1.82) is 0 Å². The number of carbonyl (C=O) groups excluding carboxylic acids is 1. The van der Waals surface area contributed by atoms with Gasteiger partial charge in [0.15, 0.2) is 0 Å². The van der Waals surface area contributed by atoms with Gasteiger partial charge in [-0.05, 0) is 38.6 Å². The molecule has 0 spiro atoms. The molecule has 0 saturated carbocycles. The summed E-state index contributed by atoms with van der Waals surface area (Å²) in [6, 6.07) is 15.6. The Morgan fingerprint density at radius 3 is 2.54 bits per heavy atom. The van der Waals surface area contributed by atoms with Gasteiger partial charge in [-0.15, -0.1) is 0 Å². The molecule has 1 aliphatic rings. The van der Waals surface area contributed by atoms with Gasteiger partial charge in [0.1, 0.15) is 11.5 Å². The molecule has 2 aromatic carbocycles. The number of likely N-dealkylation sites (N-methyl/N-ethyl adjacent to an activating group) is 1. The number of anilines is 1. The van der Waals surface area contributed by atoms with Crippen LogP contribution < -0.4 is 14.8 Å². The minimum Gasteiger partial charge on any atom is -0.494 e. The van der Waals surface area contributed by atoms with Crippen LogP contribution in [0.3, 0.4) is 0 Å². The van der Waals surface area contributed by atoms with Gasteiger partial charge in [0.25, 0.3) is 0 Å². The normalized spacial score (nSPS) is 17.2. The first-order chi connectivity index (χ1) is 13.6. The van der Waals surface area contributed by atoms with Crippen molar-refractivity contribution in [3.8, 4) is 11.5 Å². The van der Waals surface area contributed by atoms with Crippen LogP contribution in [-0.4, -0.2) is 55.7 Å². The van der Waals surface area contributed by atoms with Gasteiger partial charge in [0.05, 0.1) is 24.9 Å². The molecule has 2 amide bonds. The zero-order chi connectivity index (χ0) is 19.9. The van der Waals surface area contributed by atoms with E-state index in [2.05, 4.69) is 29.4 Å². The first-order valence-corrected chi connectivity index (χ1v) is 9.83. The van der Waals surface area contributed by atoms with E-state index in [1.54, 1.807) is 0 Å². The van der Waals surface area contributed by atoms with Crippen molar-refractivity contribution >= 4 is 11.7 Å². The Hall–Kier alpha value is -2.73. The zero-order valence-electron chi connectivity index (χ0n) is 16.9. The number of nitrogens with one attached hydrogen (secondary N) is 1. The second-order valence-electron chi connectivity index (χ2n) is 6.84. The van der Waals surface area contributed by atoms with Gasteiger partial charge in [-0.1, -0.05) is 30.3 Å². The molecule has 0 aliphatic carbocycles. The molecular weight excluding hydrogens is 354 g/mol.